The van der Waals surface area contributed by atoms with Crippen molar-refractivity contribution in [1.29, 1.82) is 0 Å². The first-order valence-electron chi connectivity index (χ1n) is 12.2. The van der Waals surface area contributed by atoms with E-state index < -0.39 is 0 Å². The predicted molar refractivity (Wildman–Crippen MR) is 150 cm³/mol. The second-order valence-electron chi connectivity index (χ2n) is 9.26. The zero-order chi connectivity index (χ0) is 23.6. The number of para-hydroxylation sites is 3. The molecule has 3 heteroatoms. The van der Waals surface area contributed by atoms with Gasteiger partial charge in [0.15, 0.2) is 0 Å². The molecule has 0 aliphatic heterocycles. The lowest BCUT2D eigenvalue weighted by molar-refractivity contribution is 1.07. The molecule has 0 N–H and O–H groups in total. The van der Waals surface area contributed by atoms with E-state index in [-0.39, 0.29) is 0 Å². The molecule has 168 valence electrons. The molecular formula is C33H21N3. The summed E-state index contributed by atoms with van der Waals surface area (Å²) in [6.45, 7) is 0. The number of aromatic nitrogens is 3. The molecule has 8 aromatic rings. The summed E-state index contributed by atoms with van der Waals surface area (Å²) in [5, 5.41) is 7.29. The van der Waals surface area contributed by atoms with Gasteiger partial charge in [-0.05, 0) is 41.8 Å². The molecule has 0 fully saturated rings. The Morgan fingerprint density at radius 1 is 0.472 bits per heavy atom. The monoisotopic (exact) mass is 459 g/mol. The smallest absolute Gasteiger partial charge is 0.131 e. The summed E-state index contributed by atoms with van der Waals surface area (Å²) in [5.74, 6) is 0. The predicted octanol–water partition coefficient (Wildman–Crippen LogP) is 8.43. The fraction of sp³-hybridized carbons (Fsp3) is 0. The van der Waals surface area contributed by atoms with E-state index in [1.807, 2.05) is 12.3 Å². The molecule has 36 heavy (non-hydrogen) atoms. The second kappa shape index (κ2) is 7.30. The lowest BCUT2D eigenvalue weighted by Gasteiger charge is -2.15. The largest absolute Gasteiger partial charge is 0.295 e. The van der Waals surface area contributed by atoms with Crippen molar-refractivity contribution in [2.45, 2.75) is 0 Å². The highest BCUT2D eigenvalue weighted by Gasteiger charge is 2.23. The Balaban J connectivity index is 1.67. The molecule has 8 rings (SSSR count). The van der Waals surface area contributed by atoms with E-state index in [0.717, 1.165) is 22.3 Å². The minimum atomic E-state index is 1.03. The molecule has 0 bridgehead atoms. The van der Waals surface area contributed by atoms with Gasteiger partial charge < -0.3 is 0 Å². The Morgan fingerprint density at radius 2 is 1.14 bits per heavy atom. The Bertz CT molecular complexity index is 2100. The molecule has 5 aromatic carbocycles. The van der Waals surface area contributed by atoms with Crippen LogP contribution in [0, 0.1) is 0 Å². The normalized spacial score (nSPS) is 11.9. The summed E-state index contributed by atoms with van der Waals surface area (Å²) in [4.78, 5) is 4.84. The zero-order valence-electron chi connectivity index (χ0n) is 19.5. The van der Waals surface area contributed by atoms with E-state index in [9.17, 15) is 0 Å². The van der Waals surface area contributed by atoms with Crippen molar-refractivity contribution in [2.24, 2.45) is 0 Å². The summed E-state index contributed by atoms with van der Waals surface area (Å²) in [6.07, 6.45) is 1.89. The van der Waals surface area contributed by atoms with Gasteiger partial charge in [-0.15, -0.1) is 0 Å². The van der Waals surface area contributed by atoms with Gasteiger partial charge in [0.1, 0.15) is 5.65 Å². The van der Waals surface area contributed by atoms with Gasteiger partial charge in [0.25, 0.3) is 0 Å². The van der Waals surface area contributed by atoms with Crippen molar-refractivity contribution in [3.8, 4) is 11.4 Å². The Labute approximate surface area is 207 Å². The molecule has 3 heterocycles. The third-order valence-corrected chi connectivity index (χ3v) is 7.32. The first kappa shape index (κ1) is 19.4. The van der Waals surface area contributed by atoms with Crippen molar-refractivity contribution < 1.29 is 0 Å². The van der Waals surface area contributed by atoms with Crippen LogP contribution in [0.3, 0.4) is 0 Å². The maximum atomic E-state index is 4.84. The third kappa shape index (κ3) is 2.54. The van der Waals surface area contributed by atoms with Gasteiger partial charge >= 0.3 is 0 Å². The van der Waals surface area contributed by atoms with Crippen molar-refractivity contribution in [1.82, 2.24) is 14.1 Å². The Kier molecular flexibility index (Phi) is 3.94. The molecule has 0 amide bonds. The van der Waals surface area contributed by atoms with Gasteiger partial charge in [0.2, 0.25) is 0 Å². The standard InChI is InChI=1S/C33H21N3/c1-2-12-24(13-3-1)35-27-16-6-4-14-25(27)31-26-15-5-7-17-28(26)36(33(31)35)29-18-8-10-22-19-20-23-11-9-21-34-32(23)30(22)29/h1-21H. The summed E-state index contributed by atoms with van der Waals surface area (Å²) in [6, 6.07) is 43.2. The second-order valence-corrected chi connectivity index (χ2v) is 9.26. The van der Waals surface area contributed by atoms with Crippen LogP contribution >= 0.6 is 0 Å². The van der Waals surface area contributed by atoms with E-state index in [1.165, 1.54) is 43.6 Å². The van der Waals surface area contributed by atoms with Crippen LogP contribution in [0.2, 0.25) is 0 Å². The molecule has 0 atom stereocenters. The van der Waals surface area contributed by atoms with Gasteiger partial charge in [-0.3, -0.25) is 14.1 Å². The number of hydrogen-bond acceptors (Lipinski definition) is 1. The van der Waals surface area contributed by atoms with Crippen LogP contribution in [0.5, 0.6) is 0 Å². The van der Waals surface area contributed by atoms with Gasteiger partial charge in [-0.1, -0.05) is 84.9 Å². The molecule has 3 nitrogen and oxygen atoms in total. The molecular weight excluding hydrogens is 438 g/mol. The first-order valence-corrected chi connectivity index (χ1v) is 12.2. The van der Waals surface area contributed by atoms with Crippen molar-refractivity contribution in [3.63, 3.8) is 0 Å². The summed E-state index contributed by atoms with van der Waals surface area (Å²) in [7, 11) is 0. The number of fused-ring (bicyclic) bond motifs is 8. The van der Waals surface area contributed by atoms with Crippen LogP contribution in [0.25, 0.3) is 65.9 Å². The van der Waals surface area contributed by atoms with Crippen molar-refractivity contribution in [3.05, 3.63) is 128 Å². The van der Waals surface area contributed by atoms with Crippen LogP contribution in [-0.2, 0) is 0 Å². The van der Waals surface area contributed by atoms with Crippen LogP contribution in [0.4, 0.5) is 0 Å². The topological polar surface area (TPSA) is 22.8 Å². The maximum absolute atomic E-state index is 4.84. The van der Waals surface area contributed by atoms with Crippen LogP contribution in [0.1, 0.15) is 0 Å². The molecule has 0 unspecified atom stereocenters. The van der Waals surface area contributed by atoms with Gasteiger partial charge in [0.05, 0.1) is 22.2 Å². The summed E-state index contributed by atoms with van der Waals surface area (Å²) < 4.78 is 4.84. The summed E-state index contributed by atoms with van der Waals surface area (Å²) in [5.41, 5.74) is 6.89. The molecule has 0 saturated heterocycles. The molecule has 0 spiro atoms. The molecule has 3 aromatic heterocycles. The lowest BCUT2D eigenvalue weighted by atomic mass is 10.0. The average Bonchev–Trinajstić information content (AvgIpc) is 3.46. The van der Waals surface area contributed by atoms with Gasteiger partial charge in [-0.2, -0.15) is 0 Å². The van der Waals surface area contributed by atoms with E-state index in [4.69, 9.17) is 4.98 Å². The quantitative estimate of drug-likeness (QED) is 0.238. The Hall–Kier alpha value is -4.89. The fourth-order valence-electron chi connectivity index (χ4n) is 5.86. The van der Waals surface area contributed by atoms with E-state index >= 15 is 0 Å². The highest BCUT2D eigenvalue weighted by molar-refractivity contribution is 6.23. The number of hydrogen-bond donors (Lipinski definition) is 0. The molecule has 0 radical (unpaired) electrons. The highest BCUT2D eigenvalue weighted by Crippen LogP contribution is 2.42. The third-order valence-electron chi connectivity index (χ3n) is 7.32. The Morgan fingerprint density at radius 3 is 1.94 bits per heavy atom. The molecule has 0 aliphatic carbocycles. The minimum absolute atomic E-state index is 1.03. The van der Waals surface area contributed by atoms with Crippen LogP contribution < -0.4 is 0 Å². The van der Waals surface area contributed by atoms with E-state index in [2.05, 4.69) is 124 Å². The van der Waals surface area contributed by atoms with Gasteiger partial charge in [-0.25, -0.2) is 0 Å². The maximum Gasteiger partial charge on any atom is 0.131 e. The molecule has 0 aliphatic rings. The number of pyridine rings is 1. The lowest BCUT2D eigenvalue weighted by Crippen LogP contribution is -2.02. The minimum Gasteiger partial charge on any atom is -0.295 e. The summed E-state index contributed by atoms with van der Waals surface area (Å²) >= 11 is 0. The number of benzene rings is 5. The number of nitrogens with zero attached hydrogens (tertiary/aromatic N) is 3. The highest BCUT2D eigenvalue weighted by atomic mass is 15.1. The first-order chi connectivity index (χ1) is 17.9. The zero-order valence-corrected chi connectivity index (χ0v) is 19.5. The molecule has 0 saturated carbocycles. The van der Waals surface area contributed by atoms with Crippen LogP contribution in [0.15, 0.2) is 128 Å². The fourth-order valence-corrected chi connectivity index (χ4v) is 5.86. The van der Waals surface area contributed by atoms with Gasteiger partial charge in [0, 0.05) is 38.8 Å². The SMILES string of the molecule is c1ccc(-n2c3ccccc3c3c4ccccc4n(-c4cccc5ccc6cccnc6c45)c32)cc1. The average molecular weight is 460 g/mol. The van der Waals surface area contributed by atoms with Crippen molar-refractivity contribution >= 4 is 54.5 Å². The van der Waals surface area contributed by atoms with E-state index in [1.54, 1.807) is 0 Å². The van der Waals surface area contributed by atoms with E-state index in [0.29, 0.717) is 0 Å². The van der Waals surface area contributed by atoms with Crippen molar-refractivity contribution in [2.75, 3.05) is 0 Å². The van der Waals surface area contributed by atoms with Crippen LogP contribution in [-0.4, -0.2) is 14.1 Å². The number of rotatable bonds is 2.